The van der Waals surface area contributed by atoms with Gasteiger partial charge in [-0.3, -0.25) is 9.44 Å². The Morgan fingerprint density at radius 1 is 0.426 bits per heavy atom. The molecule has 0 atom stereocenters. The van der Waals surface area contributed by atoms with Crippen LogP contribution in [0.4, 0.5) is 11.4 Å². The number of sulfonamides is 2. The van der Waals surface area contributed by atoms with Crippen molar-refractivity contribution in [1.82, 2.24) is 0 Å². The molecule has 0 bridgehead atoms. The molecular weight excluding hydrogens is 857 g/mol. The maximum absolute atomic E-state index is 12.3. The molecule has 0 aliphatic heterocycles. The van der Waals surface area contributed by atoms with Crippen LogP contribution in [-0.2, 0) is 40.3 Å². The van der Waals surface area contributed by atoms with E-state index in [9.17, 15) is 42.8 Å². The molecule has 0 radical (unpaired) electrons. The molecule has 47 heavy (non-hydrogen) atoms. The van der Waals surface area contributed by atoms with Gasteiger partial charge in [-0.05, 0) is 72.8 Å². The molecule has 4 rings (SSSR count). The van der Waals surface area contributed by atoms with E-state index in [4.69, 9.17) is 69.6 Å². The van der Waals surface area contributed by atoms with Gasteiger partial charge in [0.1, 0.15) is 30.0 Å². The van der Waals surface area contributed by atoms with Gasteiger partial charge in [-0.25, -0.2) is 33.7 Å². The van der Waals surface area contributed by atoms with E-state index in [1.165, 1.54) is 12.1 Å². The van der Waals surface area contributed by atoms with Gasteiger partial charge in [-0.2, -0.15) is 0 Å². The fourth-order valence-electron chi connectivity index (χ4n) is 3.22. The third-order valence-electron chi connectivity index (χ3n) is 5.32. The van der Waals surface area contributed by atoms with Crippen LogP contribution >= 0.6 is 69.6 Å². The van der Waals surface area contributed by atoms with Crippen LogP contribution in [0.15, 0.2) is 92.4 Å². The summed E-state index contributed by atoms with van der Waals surface area (Å²) in [6.07, 6.45) is 0. The molecule has 0 heterocycles. The van der Waals surface area contributed by atoms with Crippen molar-refractivity contribution in [3.8, 4) is 0 Å². The molecule has 2 N–H and O–H groups in total. The average Bonchev–Trinajstić information content (AvgIpc) is 2.92. The third kappa shape index (κ3) is 11.6. The van der Waals surface area contributed by atoms with Crippen LogP contribution in [0.1, 0.15) is 0 Å². The molecular formula is C24H14CaCl6N2O10S4. The predicted octanol–water partition coefficient (Wildman–Crippen LogP) is 6.32. The maximum Gasteiger partial charge on any atom is 2.00 e. The molecule has 248 valence electrons. The predicted molar refractivity (Wildman–Crippen MR) is 179 cm³/mol. The summed E-state index contributed by atoms with van der Waals surface area (Å²) in [5.41, 5.74) is 0.0825. The van der Waals surface area contributed by atoms with E-state index in [-0.39, 0.29) is 89.0 Å². The summed E-state index contributed by atoms with van der Waals surface area (Å²) >= 11 is 34.7. The van der Waals surface area contributed by atoms with Crippen LogP contribution < -0.4 is 9.44 Å². The van der Waals surface area contributed by atoms with E-state index >= 15 is 0 Å². The minimum Gasteiger partial charge on any atom is -0.744 e. The number of anilines is 2. The minimum absolute atomic E-state index is 0. The summed E-state index contributed by atoms with van der Waals surface area (Å²) in [5.74, 6) is 0. The Labute approximate surface area is 329 Å². The molecule has 4 aromatic rings. The van der Waals surface area contributed by atoms with E-state index in [0.29, 0.717) is 0 Å². The minimum atomic E-state index is -4.61. The van der Waals surface area contributed by atoms with Gasteiger partial charge >= 0.3 is 37.7 Å². The molecule has 0 aliphatic carbocycles. The van der Waals surface area contributed by atoms with Crippen molar-refractivity contribution in [1.29, 1.82) is 0 Å². The fourth-order valence-corrected chi connectivity index (χ4v) is 8.28. The van der Waals surface area contributed by atoms with Crippen molar-refractivity contribution in [2.24, 2.45) is 0 Å². The van der Waals surface area contributed by atoms with Crippen LogP contribution in [-0.4, -0.2) is 80.5 Å². The summed E-state index contributed by atoms with van der Waals surface area (Å²) in [7, 11) is -17.4. The molecule has 23 heteroatoms. The monoisotopic (exact) mass is 868 g/mol. The number of hydrogen-bond donors (Lipinski definition) is 2. The van der Waals surface area contributed by atoms with Crippen LogP contribution in [0.2, 0.25) is 30.1 Å². The number of halogens is 6. The van der Waals surface area contributed by atoms with Gasteiger partial charge in [0, 0.05) is 11.4 Å². The summed E-state index contributed by atoms with van der Waals surface area (Å²) in [5, 5.41) is -0.0639. The van der Waals surface area contributed by atoms with E-state index in [0.717, 1.165) is 60.7 Å². The molecule has 4 aromatic carbocycles. The van der Waals surface area contributed by atoms with E-state index in [2.05, 4.69) is 9.44 Å². The Morgan fingerprint density at radius 3 is 0.936 bits per heavy atom. The second-order valence-electron chi connectivity index (χ2n) is 8.56. The average molecular weight is 871 g/mol. The first-order valence-corrected chi connectivity index (χ1v) is 19.5. The van der Waals surface area contributed by atoms with Gasteiger partial charge in [0.15, 0.2) is 0 Å². The van der Waals surface area contributed by atoms with Crippen LogP contribution in [0.25, 0.3) is 0 Å². The van der Waals surface area contributed by atoms with E-state index in [1.807, 2.05) is 0 Å². The van der Waals surface area contributed by atoms with Crippen LogP contribution in [0.3, 0.4) is 0 Å². The number of hydrogen-bond acceptors (Lipinski definition) is 10. The zero-order valence-corrected chi connectivity index (χ0v) is 32.6. The van der Waals surface area contributed by atoms with Gasteiger partial charge in [-0.15, -0.1) is 0 Å². The zero-order chi connectivity index (χ0) is 34.8. The Kier molecular flexibility index (Phi) is 14.9. The molecule has 0 unspecified atom stereocenters. The van der Waals surface area contributed by atoms with E-state index < -0.39 is 50.1 Å². The first-order valence-electron chi connectivity index (χ1n) is 11.5. The maximum atomic E-state index is 12.3. The first kappa shape index (κ1) is 42.4. The van der Waals surface area contributed by atoms with Crippen LogP contribution in [0, 0.1) is 0 Å². The largest absolute Gasteiger partial charge is 2.00 e. The van der Waals surface area contributed by atoms with E-state index in [1.54, 1.807) is 0 Å². The third-order valence-corrected chi connectivity index (χ3v) is 12.2. The summed E-state index contributed by atoms with van der Waals surface area (Å²) < 4.78 is 118. The molecule has 0 saturated carbocycles. The quantitative estimate of drug-likeness (QED) is 0.114. The van der Waals surface area contributed by atoms with Gasteiger partial charge in [0.2, 0.25) is 0 Å². The molecule has 0 saturated heterocycles. The summed E-state index contributed by atoms with van der Waals surface area (Å²) in [4.78, 5) is -1.55. The van der Waals surface area contributed by atoms with Crippen molar-refractivity contribution >= 4 is 159 Å². The Hall–Kier alpha value is -0.800. The smallest absolute Gasteiger partial charge is 0.744 e. The second-order valence-corrected chi connectivity index (χ2v) is 17.1. The van der Waals surface area contributed by atoms with Crippen LogP contribution in [0.5, 0.6) is 0 Å². The Bertz CT molecular complexity index is 2080. The van der Waals surface area contributed by atoms with Crippen molar-refractivity contribution in [3.05, 3.63) is 103 Å². The topological polar surface area (TPSA) is 207 Å². The normalized spacial score (nSPS) is 11.9. The molecule has 0 spiro atoms. The van der Waals surface area contributed by atoms with Crippen molar-refractivity contribution in [2.75, 3.05) is 9.44 Å². The van der Waals surface area contributed by atoms with Crippen molar-refractivity contribution in [2.45, 2.75) is 19.6 Å². The number of benzene rings is 4. The molecule has 0 aliphatic rings. The zero-order valence-electron chi connectivity index (χ0n) is 22.6. The Balaban J connectivity index is 0.000000320. The van der Waals surface area contributed by atoms with Gasteiger partial charge in [-0.1, -0.05) is 69.6 Å². The standard InChI is InChI=1S/2C12H8Cl3NO5S2.Ca/c2*13-9-5-11(15)12(6-10(9)14)22(17,18)16-7-1-3-8(4-2-7)23(19,20)21;/h2*1-6,16H,(H,19,20,21);/q;;+2/p-2. The number of nitrogens with one attached hydrogen (secondary N) is 2. The molecule has 0 amide bonds. The summed E-state index contributed by atoms with van der Waals surface area (Å²) in [6.45, 7) is 0. The first-order chi connectivity index (χ1) is 21.0. The van der Waals surface area contributed by atoms with Crippen molar-refractivity contribution in [3.63, 3.8) is 0 Å². The molecule has 12 nitrogen and oxygen atoms in total. The van der Waals surface area contributed by atoms with Gasteiger partial charge in [0.25, 0.3) is 20.0 Å². The molecule has 0 fully saturated rings. The fraction of sp³-hybridized carbons (Fsp3) is 0. The van der Waals surface area contributed by atoms with Gasteiger partial charge < -0.3 is 9.11 Å². The Morgan fingerprint density at radius 2 is 0.681 bits per heavy atom. The summed E-state index contributed by atoms with van der Waals surface area (Å²) in [6, 6.07) is 13.0. The van der Waals surface area contributed by atoms with Gasteiger partial charge in [0.05, 0.1) is 39.9 Å². The van der Waals surface area contributed by atoms with Crippen molar-refractivity contribution < 1.29 is 42.8 Å². The number of rotatable bonds is 8. The molecule has 0 aromatic heterocycles. The second kappa shape index (κ2) is 16.5. The SMILES string of the molecule is O=S(=O)([O-])c1ccc(NS(=O)(=O)c2cc(Cl)c(Cl)cc2Cl)cc1.O=S(=O)([O-])c1ccc(NS(=O)(=O)c2cc(Cl)c(Cl)cc2Cl)cc1.[Ca+2].